The largest absolute Gasteiger partial charge is 0.512 e. The van der Waals surface area contributed by atoms with Gasteiger partial charge in [-0.15, -0.1) is 0 Å². The van der Waals surface area contributed by atoms with Crippen LogP contribution >= 0.6 is 0 Å². The zero-order valence-electron chi connectivity index (χ0n) is 8.93. The molecule has 0 saturated heterocycles. The number of aliphatic hydroxyl groups excluding tert-OH is 2. The molecule has 2 N–H and O–H groups in total. The molecule has 0 fully saturated rings. The fourth-order valence-corrected chi connectivity index (χ4v) is 0.497. The van der Waals surface area contributed by atoms with Gasteiger partial charge < -0.3 is 19.7 Å². The lowest BCUT2D eigenvalue weighted by atomic mass is 10.2. The molecule has 5 heteroatoms. The summed E-state index contributed by atoms with van der Waals surface area (Å²) in [5.74, 6) is -0.419. The zero-order chi connectivity index (χ0) is 11.3. The molecule has 0 aromatic heterocycles. The van der Waals surface area contributed by atoms with Crippen LogP contribution in [0.4, 0.5) is 4.79 Å². The third-order valence-electron chi connectivity index (χ3n) is 1.57. The molecule has 2 atom stereocenters. The van der Waals surface area contributed by atoms with Gasteiger partial charge in [0.05, 0.1) is 0 Å². The smallest absolute Gasteiger partial charge is 0.404 e. The molecule has 0 rings (SSSR count). The summed E-state index contributed by atoms with van der Waals surface area (Å²) < 4.78 is 8.93. The lowest BCUT2D eigenvalue weighted by Gasteiger charge is -2.18. The van der Waals surface area contributed by atoms with Crippen LogP contribution in [-0.4, -0.2) is 28.9 Å². The van der Waals surface area contributed by atoms with Crippen molar-refractivity contribution in [3.63, 3.8) is 0 Å². The van der Waals surface area contributed by atoms with E-state index >= 15 is 0 Å². The molecule has 0 spiro atoms. The third kappa shape index (κ3) is 5.04. The Morgan fingerprint density at radius 1 is 0.929 bits per heavy atom. The molecular weight excluding hydrogens is 188 g/mol. The topological polar surface area (TPSA) is 76.0 Å². The number of carbonyl (C=O) groups is 1. The number of carbonyl (C=O) groups excluding carboxylic acids is 1. The first-order valence-corrected chi connectivity index (χ1v) is 4.58. The minimum Gasteiger partial charge on any atom is -0.404 e. The van der Waals surface area contributed by atoms with Crippen LogP contribution in [0.1, 0.15) is 27.7 Å². The number of rotatable bonds is 4. The Kier molecular flexibility index (Phi) is 5.49. The number of ether oxygens (including phenoxy) is 2. The second-order valence-corrected chi connectivity index (χ2v) is 3.75. The van der Waals surface area contributed by atoms with Crippen molar-refractivity contribution in [2.75, 3.05) is 0 Å². The van der Waals surface area contributed by atoms with E-state index in [9.17, 15) is 4.79 Å². The summed E-state index contributed by atoms with van der Waals surface area (Å²) >= 11 is 0. The molecule has 0 amide bonds. The van der Waals surface area contributed by atoms with Crippen LogP contribution in [0.2, 0.25) is 0 Å². The lowest BCUT2D eigenvalue weighted by molar-refractivity contribution is -0.149. The van der Waals surface area contributed by atoms with E-state index in [-0.39, 0.29) is 11.8 Å². The van der Waals surface area contributed by atoms with Crippen molar-refractivity contribution in [1.82, 2.24) is 0 Å². The highest BCUT2D eigenvalue weighted by molar-refractivity contribution is 5.60. The number of hydrogen-bond donors (Lipinski definition) is 2. The highest BCUT2D eigenvalue weighted by Crippen LogP contribution is 2.08. The van der Waals surface area contributed by atoms with E-state index in [0.29, 0.717) is 0 Å². The third-order valence-corrected chi connectivity index (χ3v) is 1.57. The fourth-order valence-electron chi connectivity index (χ4n) is 0.497. The first kappa shape index (κ1) is 13.2. The van der Waals surface area contributed by atoms with E-state index in [0.717, 1.165) is 0 Å². The van der Waals surface area contributed by atoms with Crippen LogP contribution in [0, 0.1) is 11.8 Å². The van der Waals surface area contributed by atoms with Gasteiger partial charge in [0.25, 0.3) is 0 Å². The monoisotopic (exact) mass is 206 g/mol. The second kappa shape index (κ2) is 5.82. The predicted molar refractivity (Wildman–Crippen MR) is 49.3 cm³/mol. The van der Waals surface area contributed by atoms with Crippen molar-refractivity contribution < 1.29 is 24.5 Å². The molecule has 5 nitrogen and oxygen atoms in total. The molecule has 0 heterocycles. The fraction of sp³-hybridized carbons (Fsp3) is 0.889. The van der Waals surface area contributed by atoms with E-state index < -0.39 is 18.7 Å². The van der Waals surface area contributed by atoms with E-state index in [1.54, 1.807) is 27.7 Å². The summed E-state index contributed by atoms with van der Waals surface area (Å²) in [5.41, 5.74) is 0. The Morgan fingerprint density at radius 2 is 1.21 bits per heavy atom. The summed E-state index contributed by atoms with van der Waals surface area (Å²) in [6.45, 7) is 6.77. The maximum Gasteiger partial charge on any atom is 0.512 e. The molecule has 2 unspecified atom stereocenters. The average Bonchev–Trinajstić information content (AvgIpc) is 2.03. The summed E-state index contributed by atoms with van der Waals surface area (Å²) in [4.78, 5) is 10.9. The van der Waals surface area contributed by atoms with Gasteiger partial charge in [-0.25, -0.2) is 4.79 Å². The van der Waals surface area contributed by atoms with Gasteiger partial charge in [-0.1, -0.05) is 27.7 Å². The molecule has 0 radical (unpaired) electrons. The number of aliphatic hydroxyl groups is 2. The van der Waals surface area contributed by atoms with E-state index in [1.165, 1.54) is 0 Å². The summed E-state index contributed by atoms with van der Waals surface area (Å²) in [6.07, 6.45) is -3.48. The van der Waals surface area contributed by atoms with Crippen molar-refractivity contribution in [3.8, 4) is 0 Å². The Morgan fingerprint density at radius 3 is 1.43 bits per heavy atom. The average molecular weight is 206 g/mol. The molecule has 0 aliphatic rings. The van der Waals surface area contributed by atoms with Gasteiger partial charge in [-0.3, -0.25) is 0 Å². The second-order valence-electron chi connectivity index (χ2n) is 3.75. The van der Waals surface area contributed by atoms with Crippen molar-refractivity contribution in [3.05, 3.63) is 0 Å². The van der Waals surface area contributed by atoms with E-state index in [1.807, 2.05) is 0 Å². The van der Waals surface area contributed by atoms with Crippen molar-refractivity contribution in [2.24, 2.45) is 11.8 Å². The summed E-state index contributed by atoms with van der Waals surface area (Å²) in [5, 5.41) is 18.3. The predicted octanol–water partition coefficient (Wildman–Crippen LogP) is 1.09. The molecule has 0 aliphatic heterocycles. The zero-order valence-corrected chi connectivity index (χ0v) is 8.93. The first-order chi connectivity index (χ1) is 6.34. The van der Waals surface area contributed by atoms with Crippen LogP contribution in [0.3, 0.4) is 0 Å². The summed E-state index contributed by atoms with van der Waals surface area (Å²) in [6, 6.07) is 0. The van der Waals surface area contributed by atoms with E-state index in [2.05, 4.69) is 9.47 Å². The van der Waals surface area contributed by atoms with Crippen LogP contribution in [0.5, 0.6) is 0 Å². The van der Waals surface area contributed by atoms with Crippen LogP contribution < -0.4 is 0 Å². The SMILES string of the molecule is CC(C)C(O)OC(=O)OC(O)C(C)C. The van der Waals surface area contributed by atoms with Gasteiger partial charge >= 0.3 is 6.16 Å². The maximum atomic E-state index is 10.9. The normalized spacial score (nSPS) is 15.4. The molecular formula is C9H18O5. The van der Waals surface area contributed by atoms with Crippen molar-refractivity contribution in [2.45, 2.75) is 40.3 Å². The van der Waals surface area contributed by atoms with Crippen LogP contribution in [0.15, 0.2) is 0 Å². The molecule has 14 heavy (non-hydrogen) atoms. The van der Waals surface area contributed by atoms with Crippen LogP contribution in [-0.2, 0) is 9.47 Å². The molecule has 84 valence electrons. The molecule has 0 aromatic carbocycles. The van der Waals surface area contributed by atoms with E-state index in [4.69, 9.17) is 10.2 Å². The molecule has 0 aliphatic carbocycles. The lowest BCUT2D eigenvalue weighted by Crippen LogP contribution is -2.28. The summed E-state index contributed by atoms with van der Waals surface area (Å²) in [7, 11) is 0. The van der Waals surface area contributed by atoms with Gasteiger partial charge in [0, 0.05) is 11.8 Å². The Balaban J connectivity index is 3.87. The molecule has 0 saturated carbocycles. The van der Waals surface area contributed by atoms with Gasteiger partial charge in [0.15, 0.2) is 0 Å². The maximum absolute atomic E-state index is 10.9. The van der Waals surface area contributed by atoms with Crippen LogP contribution in [0.25, 0.3) is 0 Å². The Hall–Kier alpha value is -0.810. The standard InChI is InChI=1S/C9H18O5/c1-5(2)7(10)13-9(12)14-8(11)6(3)4/h5-8,10-11H,1-4H3. The first-order valence-electron chi connectivity index (χ1n) is 4.58. The van der Waals surface area contributed by atoms with Gasteiger partial charge in [0.2, 0.25) is 12.6 Å². The van der Waals surface area contributed by atoms with Gasteiger partial charge in [-0.05, 0) is 0 Å². The highest BCUT2D eigenvalue weighted by Gasteiger charge is 2.20. The number of hydrogen-bond acceptors (Lipinski definition) is 5. The van der Waals surface area contributed by atoms with Gasteiger partial charge in [-0.2, -0.15) is 0 Å². The van der Waals surface area contributed by atoms with Crippen molar-refractivity contribution in [1.29, 1.82) is 0 Å². The Bertz CT molecular complexity index is 160. The quantitative estimate of drug-likeness (QED) is 0.532. The Labute approximate surface area is 83.6 Å². The highest BCUT2D eigenvalue weighted by atomic mass is 16.8. The van der Waals surface area contributed by atoms with Crippen molar-refractivity contribution >= 4 is 6.16 Å². The van der Waals surface area contributed by atoms with Gasteiger partial charge in [0.1, 0.15) is 0 Å². The molecule has 0 bridgehead atoms. The molecule has 0 aromatic rings. The minimum atomic E-state index is -1.21. The minimum absolute atomic E-state index is 0.209.